The molecule has 16 nitrogen and oxygen atoms in total. The van der Waals surface area contributed by atoms with Crippen LogP contribution < -0.4 is 41.5 Å². The first-order chi connectivity index (χ1) is 28.1. The van der Waals surface area contributed by atoms with Crippen LogP contribution >= 0.6 is 19.2 Å². The van der Waals surface area contributed by atoms with Crippen LogP contribution in [0.1, 0.15) is 48.0 Å². The van der Waals surface area contributed by atoms with Crippen molar-refractivity contribution in [2.75, 3.05) is 68.4 Å². The van der Waals surface area contributed by atoms with Crippen molar-refractivity contribution >= 4 is 76.7 Å². The molecule has 3 aromatic carbocycles. The van der Waals surface area contributed by atoms with Gasteiger partial charge in [0.25, 0.3) is 5.91 Å². The number of carbonyl (C=O) groups excluding carboxylic acids is 3. The Morgan fingerprint density at radius 3 is 2.48 bits per heavy atom. The number of amides is 3. The van der Waals surface area contributed by atoms with Gasteiger partial charge in [0, 0.05) is 75.9 Å². The lowest BCUT2D eigenvalue weighted by Crippen LogP contribution is -2.52. The summed E-state index contributed by atoms with van der Waals surface area (Å²) < 4.78 is 29.3. The predicted molar refractivity (Wildman–Crippen MR) is 223 cm³/mol. The van der Waals surface area contributed by atoms with Crippen LogP contribution in [0.25, 0.3) is 0 Å². The first kappa shape index (κ1) is 40.9. The fourth-order valence-corrected chi connectivity index (χ4v) is 8.86. The molecule has 0 aliphatic carbocycles. The van der Waals surface area contributed by atoms with Crippen LogP contribution in [-0.4, -0.2) is 92.2 Å². The van der Waals surface area contributed by atoms with E-state index in [4.69, 9.17) is 25.4 Å². The van der Waals surface area contributed by atoms with Crippen molar-refractivity contribution in [1.82, 2.24) is 25.5 Å². The molecule has 4 aromatic rings. The summed E-state index contributed by atoms with van der Waals surface area (Å²) in [5, 5.41) is 16.5. The van der Waals surface area contributed by atoms with Crippen LogP contribution in [0.2, 0.25) is 5.02 Å². The molecule has 0 spiro atoms. The van der Waals surface area contributed by atoms with Gasteiger partial charge in [0.1, 0.15) is 16.8 Å². The highest BCUT2D eigenvalue weighted by molar-refractivity contribution is 7.62. The largest absolute Gasteiger partial charge is 0.494 e. The maximum absolute atomic E-state index is 13.2. The Kier molecular flexibility index (Phi) is 12.8. The highest BCUT2D eigenvalue weighted by Gasteiger charge is 2.39. The van der Waals surface area contributed by atoms with E-state index in [-0.39, 0.29) is 29.2 Å². The number of halogens is 1. The van der Waals surface area contributed by atoms with Gasteiger partial charge in [-0.05, 0) is 80.3 Å². The summed E-state index contributed by atoms with van der Waals surface area (Å²) >= 11 is 6.46. The van der Waals surface area contributed by atoms with Crippen LogP contribution in [0.3, 0.4) is 0 Å². The van der Waals surface area contributed by atoms with E-state index >= 15 is 0 Å². The molecule has 5 N–H and O–H groups in total. The van der Waals surface area contributed by atoms with Crippen LogP contribution in [0.4, 0.5) is 34.5 Å². The van der Waals surface area contributed by atoms with Gasteiger partial charge in [0.2, 0.25) is 17.8 Å². The van der Waals surface area contributed by atoms with E-state index in [0.29, 0.717) is 52.8 Å². The third-order valence-corrected chi connectivity index (χ3v) is 12.8. The second-order valence-corrected chi connectivity index (χ2v) is 16.8. The number of hydrogen-bond acceptors (Lipinski definition) is 14. The van der Waals surface area contributed by atoms with Crippen molar-refractivity contribution in [3.63, 3.8) is 0 Å². The van der Waals surface area contributed by atoms with Crippen LogP contribution in [0, 0.1) is 0 Å². The molecule has 1 aromatic heterocycles. The first-order valence-electron chi connectivity index (χ1n) is 19.1. The molecule has 58 heavy (non-hydrogen) atoms. The molecule has 0 radical (unpaired) electrons. The van der Waals surface area contributed by atoms with E-state index in [1.165, 1.54) is 20.4 Å². The molecular weight excluding hydrogens is 785 g/mol. The zero-order chi connectivity index (χ0) is 40.8. The van der Waals surface area contributed by atoms with Gasteiger partial charge in [0.05, 0.1) is 30.0 Å². The van der Waals surface area contributed by atoms with E-state index in [9.17, 15) is 18.9 Å². The average Bonchev–Trinajstić information content (AvgIpc) is 3.56. The Morgan fingerprint density at radius 1 is 0.931 bits per heavy atom. The summed E-state index contributed by atoms with van der Waals surface area (Å²) in [5.41, 5.74) is 4.62. The number of benzene rings is 3. The summed E-state index contributed by atoms with van der Waals surface area (Å²) in [6.45, 7) is 3.79. The first-order valence-corrected chi connectivity index (χ1v) is 21.1. The normalized spacial score (nSPS) is 17.2. The van der Waals surface area contributed by atoms with Gasteiger partial charge in [-0.15, -0.1) is 0 Å². The van der Waals surface area contributed by atoms with Gasteiger partial charge in [-0.2, -0.15) is 4.98 Å². The van der Waals surface area contributed by atoms with Crippen LogP contribution in [-0.2, 0) is 29.7 Å². The Labute approximate surface area is 341 Å². The van der Waals surface area contributed by atoms with Crippen molar-refractivity contribution in [2.45, 2.75) is 50.7 Å². The van der Waals surface area contributed by atoms with E-state index in [2.05, 4.69) is 41.5 Å². The number of methoxy groups -OCH3 is 1. The molecule has 4 heterocycles. The Balaban J connectivity index is 0.869. The molecule has 18 heteroatoms. The third-order valence-electron chi connectivity index (χ3n) is 10.6. The summed E-state index contributed by atoms with van der Waals surface area (Å²) in [5.74, 6) is 0.343. The number of piperidine rings is 2. The van der Waals surface area contributed by atoms with E-state index in [1.54, 1.807) is 36.3 Å². The number of para-hydroxylation sites is 1. The number of nitrogens with one attached hydrogen (secondary N) is 5. The summed E-state index contributed by atoms with van der Waals surface area (Å²) in [6.07, 6.45) is 4.99. The van der Waals surface area contributed by atoms with Crippen molar-refractivity contribution in [3.8, 4) is 5.75 Å². The molecule has 7 rings (SSSR count). The zero-order valence-electron chi connectivity index (χ0n) is 32.5. The van der Waals surface area contributed by atoms with Crippen molar-refractivity contribution in [3.05, 3.63) is 83.0 Å². The van der Waals surface area contributed by atoms with E-state index in [1.807, 2.05) is 36.4 Å². The lowest BCUT2D eigenvalue weighted by atomic mass is 10.0. The van der Waals surface area contributed by atoms with Gasteiger partial charge in [-0.25, -0.2) is 4.98 Å². The van der Waals surface area contributed by atoms with Gasteiger partial charge in [0.15, 0.2) is 5.82 Å². The molecule has 306 valence electrons. The van der Waals surface area contributed by atoms with Gasteiger partial charge in [-0.3, -0.25) is 24.3 Å². The zero-order valence-corrected chi connectivity index (χ0v) is 34.2. The van der Waals surface area contributed by atoms with Crippen molar-refractivity contribution in [2.24, 2.45) is 0 Å². The molecule has 0 saturated carbocycles. The summed E-state index contributed by atoms with van der Waals surface area (Å²) in [6, 6.07) is 18.4. The standard InChI is InChI=1S/C40H47ClN9O7P/c1-55-34-22-28(10-12-31(34)46-40-44-23-30(41)37(48-40)45-32-7-4-5-8-35(32)58(54,56-2)57-3)49-19-15-26(16-20-49)42-17-6-18-43-27-9-11-29-25(21-27)24-50(39(29)53)33-13-14-36(51)47-38(33)52/h4-5,7-12,21-23,26,33,42-43H,6,13-20,24H2,1-3H3,(H,47,51,52)(H2,44,45,46,48). The fourth-order valence-electron chi connectivity index (χ4n) is 7.49. The molecule has 0 bridgehead atoms. The predicted octanol–water partition coefficient (Wildman–Crippen LogP) is 5.56. The molecule has 1 unspecified atom stereocenters. The molecule has 3 aliphatic rings. The topological polar surface area (TPSA) is 188 Å². The average molecular weight is 832 g/mol. The number of rotatable bonds is 16. The molecule has 2 saturated heterocycles. The second kappa shape index (κ2) is 18.1. The Hall–Kier alpha value is -5.25. The highest BCUT2D eigenvalue weighted by atomic mass is 35.5. The maximum atomic E-state index is 13.2. The quantitative estimate of drug-likeness (QED) is 0.0537. The molecule has 3 amide bonds. The van der Waals surface area contributed by atoms with Gasteiger partial charge in [-0.1, -0.05) is 23.7 Å². The molecular formula is C40H47ClN9O7P. The minimum absolute atomic E-state index is 0.169. The number of imide groups is 1. The molecule has 2 fully saturated rings. The number of nitrogens with zero attached hydrogens (tertiary/aromatic N) is 4. The van der Waals surface area contributed by atoms with Crippen molar-refractivity contribution < 1.29 is 32.7 Å². The van der Waals surface area contributed by atoms with E-state index < -0.39 is 19.5 Å². The van der Waals surface area contributed by atoms with E-state index in [0.717, 1.165) is 62.4 Å². The van der Waals surface area contributed by atoms with Crippen LogP contribution in [0.5, 0.6) is 5.75 Å². The molecule has 3 aliphatic heterocycles. The van der Waals surface area contributed by atoms with Crippen LogP contribution in [0.15, 0.2) is 66.9 Å². The summed E-state index contributed by atoms with van der Waals surface area (Å²) in [7, 11) is 0.715. The van der Waals surface area contributed by atoms with Gasteiger partial charge >= 0.3 is 7.60 Å². The van der Waals surface area contributed by atoms with Crippen molar-refractivity contribution in [1.29, 1.82) is 0 Å². The smallest absolute Gasteiger partial charge is 0.362 e. The maximum Gasteiger partial charge on any atom is 0.362 e. The number of ether oxygens (including phenoxy) is 1. The monoisotopic (exact) mass is 831 g/mol. The minimum atomic E-state index is -3.56. The third kappa shape index (κ3) is 9.06. The summed E-state index contributed by atoms with van der Waals surface area (Å²) in [4.78, 5) is 49.8. The minimum Gasteiger partial charge on any atom is -0.494 e. The lowest BCUT2D eigenvalue weighted by Gasteiger charge is -2.34. The number of anilines is 6. The fraction of sp³-hybridized carbons (Fsp3) is 0.375. The number of aromatic nitrogens is 2. The number of hydrogen-bond donors (Lipinski definition) is 5. The highest BCUT2D eigenvalue weighted by Crippen LogP contribution is 2.47. The SMILES string of the molecule is COc1cc(N2CCC(NCCCNc3ccc4c(c3)CN(C3CCC(=O)NC3=O)C4=O)CC2)ccc1Nc1ncc(Cl)c(Nc2ccccc2P(=O)(OC)OC)n1. The lowest BCUT2D eigenvalue weighted by molar-refractivity contribution is -0.136. The number of carbonyl (C=O) groups is 3. The molecule has 1 atom stereocenters. The number of fused-ring (bicyclic) bond motifs is 1. The Bertz CT molecular complexity index is 2210. The van der Waals surface area contributed by atoms with Gasteiger partial charge < -0.3 is 44.9 Å². The Morgan fingerprint density at radius 2 is 1.72 bits per heavy atom. The second-order valence-electron chi connectivity index (χ2n) is 14.2.